The lowest BCUT2D eigenvalue weighted by molar-refractivity contribution is 1.16. The summed E-state index contributed by atoms with van der Waals surface area (Å²) < 4.78 is 4.44. The number of nitriles is 2. The number of benzene rings is 6. The van der Waals surface area contributed by atoms with E-state index in [1.807, 2.05) is 30.3 Å². The van der Waals surface area contributed by atoms with Crippen LogP contribution in [0.3, 0.4) is 0 Å². The largest absolute Gasteiger partial charge is 0.309 e. The van der Waals surface area contributed by atoms with Gasteiger partial charge in [-0.3, -0.25) is 0 Å². The monoisotopic (exact) mass is 534 g/mol. The minimum atomic E-state index is 0.375. The Morgan fingerprint density at radius 2 is 1.05 bits per heavy atom. The Hall–Kier alpha value is -6.10. The molecular weight excluding hydrogens is 512 g/mol. The molecule has 0 amide bonds. The molecule has 0 aliphatic carbocycles. The highest BCUT2D eigenvalue weighted by molar-refractivity contribution is 6.12. The zero-order valence-corrected chi connectivity index (χ0v) is 22.5. The smallest absolute Gasteiger partial charge is 0.103 e. The van der Waals surface area contributed by atoms with Crippen LogP contribution in [0.1, 0.15) is 11.1 Å². The van der Waals surface area contributed by atoms with Crippen molar-refractivity contribution in [3.63, 3.8) is 0 Å². The third kappa shape index (κ3) is 3.40. The normalized spacial score (nSPS) is 11.3. The predicted octanol–water partition coefficient (Wildman–Crippen LogP) is 9.29. The number of rotatable bonds is 3. The van der Waals surface area contributed by atoms with E-state index in [1.165, 1.54) is 16.3 Å². The summed E-state index contributed by atoms with van der Waals surface area (Å²) >= 11 is 0. The van der Waals surface area contributed by atoms with Gasteiger partial charge in [0.2, 0.25) is 0 Å². The lowest BCUT2D eigenvalue weighted by Crippen LogP contribution is -1.99. The van der Waals surface area contributed by atoms with Crippen LogP contribution in [0.5, 0.6) is 0 Å². The molecule has 0 saturated heterocycles. The van der Waals surface area contributed by atoms with Gasteiger partial charge >= 0.3 is 0 Å². The molecule has 8 aromatic rings. The van der Waals surface area contributed by atoms with Crippen molar-refractivity contribution in [1.82, 2.24) is 9.13 Å². The lowest BCUT2D eigenvalue weighted by atomic mass is 10.0. The van der Waals surface area contributed by atoms with Crippen molar-refractivity contribution in [1.29, 1.82) is 10.5 Å². The van der Waals surface area contributed by atoms with Gasteiger partial charge in [0.05, 0.1) is 38.9 Å². The van der Waals surface area contributed by atoms with Gasteiger partial charge in [0.1, 0.15) is 12.1 Å². The van der Waals surface area contributed by atoms with E-state index in [4.69, 9.17) is 0 Å². The predicted molar refractivity (Wildman–Crippen MR) is 170 cm³/mol. The molecule has 0 aliphatic rings. The van der Waals surface area contributed by atoms with E-state index < -0.39 is 0 Å². The first kappa shape index (κ1) is 23.8. The Labute approximate surface area is 242 Å². The molecule has 4 heteroatoms. The van der Waals surface area contributed by atoms with Crippen molar-refractivity contribution in [2.75, 3.05) is 0 Å². The number of fused-ring (bicyclic) bond motifs is 6. The van der Waals surface area contributed by atoms with Crippen LogP contribution in [-0.4, -0.2) is 9.13 Å². The molecule has 2 heterocycles. The van der Waals surface area contributed by atoms with Gasteiger partial charge in [-0.2, -0.15) is 10.5 Å². The van der Waals surface area contributed by atoms with E-state index in [-0.39, 0.29) is 0 Å². The summed E-state index contributed by atoms with van der Waals surface area (Å²) in [5.74, 6) is 0. The van der Waals surface area contributed by atoms with Crippen molar-refractivity contribution in [2.24, 2.45) is 0 Å². The maximum absolute atomic E-state index is 9.99. The van der Waals surface area contributed by atoms with E-state index in [0.29, 0.717) is 16.8 Å². The Morgan fingerprint density at radius 3 is 1.81 bits per heavy atom. The summed E-state index contributed by atoms with van der Waals surface area (Å²) in [6.45, 7) is 0. The quantitative estimate of drug-likeness (QED) is 0.227. The van der Waals surface area contributed by atoms with Crippen molar-refractivity contribution in [3.8, 4) is 34.6 Å². The van der Waals surface area contributed by atoms with Crippen LogP contribution in [0.4, 0.5) is 0 Å². The first-order valence-corrected chi connectivity index (χ1v) is 13.8. The summed E-state index contributed by atoms with van der Waals surface area (Å²) in [5.41, 5.74) is 9.18. The lowest BCUT2D eigenvalue weighted by Gasteiger charge is -2.11. The average molecular weight is 535 g/mol. The summed E-state index contributed by atoms with van der Waals surface area (Å²) in [5, 5.41) is 24.3. The van der Waals surface area contributed by atoms with Crippen LogP contribution in [0, 0.1) is 22.7 Å². The molecule has 0 radical (unpaired) electrons. The number of para-hydroxylation sites is 3. The topological polar surface area (TPSA) is 57.4 Å². The number of aromatic nitrogens is 2. The van der Waals surface area contributed by atoms with E-state index in [0.717, 1.165) is 44.1 Å². The molecular formula is C38H22N4. The van der Waals surface area contributed by atoms with Crippen molar-refractivity contribution in [3.05, 3.63) is 145 Å². The fourth-order valence-corrected chi connectivity index (χ4v) is 6.35. The van der Waals surface area contributed by atoms with Gasteiger partial charge in [-0.15, -0.1) is 0 Å². The fourth-order valence-electron chi connectivity index (χ4n) is 6.35. The molecule has 0 fully saturated rings. The van der Waals surface area contributed by atoms with Crippen LogP contribution in [0.15, 0.2) is 133 Å². The molecule has 0 unspecified atom stereocenters. The fraction of sp³-hybridized carbons (Fsp3) is 0. The van der Waals surface area contributed by atoms with E-state index in [9.17, 15) is 10.5 Å². The summed E-state index contributed by atoms with van der Waals surface area (Å²) in [6.07, 6.45) is 0. The van der Waals surface area contributed by atoms with E-state index in [2.05, 4.69) is 118 Å². The van der Waals surface area contributed by atoms with Crippen LogP contribution in [-0.2, 0) is 0 Å². The van der Waals surface area contributed by atoms with E-state index >= 15 is 0 Å². The first-order valence-electron chi connectivity index (χ1n) is 13.8. The first-order chi connectivity index (χ1) is 20.8. The standard InChI is InChI=1S/C38H22N4/c39-23-27-9-8-16-36(33(27)24-40)42-35-15-7-5-13-30(35)32-21-25(18-20-37(32)42)26-17-19-31-29-12-4-6-14-34(29)41(38(31)22-26)28-10-2-1-3-11-28/h1-22H. The molecule has 8 rings (SSSR count). The van der Waals surface area contributed by atoms with Gasteiger partial charge in [-0.05, 0) is 65.7 Å². The second-order valence-corrected chi connectivity index (χ2v) is 10.4. The molecule has 194 valence electrons. The minimum absolute atomic E-state index is 0.375. The molecule has 0 spiro atoms. The summed E-state index contributed by atoms with van der Waals surface area (Å²) in [4.78, 5) is 0. The SMILES string of the molecule is N#Cc1cccc(-n2c3ccccc3c3cc(-c4ccc5c6ccccc6n(-c6ccccc6)c5c4)ccc32)c1C#N. The summed E-state index contributed by atoms with van der Waals surface area (Å²) in [6, 6.07) is 50.4. The molecule has 42 heavy (non-hydrogen) atoms. The second kappa shape index (κ2) is 9.24. The zero-order chi connectivity index (χ0) is 28.2. The van der Waals surface area contributed by atoms with Crippen LogP contribution in [0.25, 0.3) is 66.1 Å². The third-order valence-electron chi connectivity index (χ3n) is 8.21. The number of hydrogen-bond acceptors (Lipinski definition) is 2. The van der Waals surface area contributed by atoms with Gasteiger partial charge < -0.3 is 9.13 Å². The molecule has 0 bridgehead atoms. The highest BCUT2D eigenvalue weighted by atomic mass is 15.0. The number of nitrogens with zero attached hydrogens (tertiary/aromatic N) is 4. The van der Waals surface area contributed by atoms with Crippen molar-refractivity contribution >= 4 is 43.6 Å². The molecule has 0 atom stereocenters. The molecule has 0 N–H and O–H groups in total. The van der Waals surface area contributed by atoms with Gasteiger partial charge in [0.15, 0.2) is 0 Å². The minimum Gasteiger partial charge on any atom is -0.309 e. The zero-order valence-electron chi connectivity index (χ0n) is 22.5. The summed E-state index contributed by atoms with van der Waals surface area (Å²) in [7, 11) is 0. The Balaban J connectivity index is 1.38. The van der Waals surface area contributed by atoms with E-state index in [1.54, 1.807) is 6.07 Å². The van der Waals surface area contributed by atoms with Crippen molar-refractivity contribution < 1.29 is 0 Å². The Kier molecular flexibility index (Phi) is 5.22. The van der Waals surface area contributed by atoms with Gasteiger partial charge in [0.25, 0.3) is 0 Å². The molecule has 6 aromatic carbocycles. The molecule has 2 aromatic heterocycles. The third-order valence-corrected chi connectivity index (χ3v) is 8.21. The molecule has 4 nitrogen and oxygen atoms in total. The molecule has 0 saturated carbocycles. The van der Waals surface area contributed by atoms with Gasteiger partial charge in [0, 0.05) is 27.2 Å². The maximum atomic E-state index is 9.99. The number of hydrogen-bond donors (Lipinski definition) is 0. The van der Waals surface area contributed by atoms with Gasteiger partial charge in [-0.1, -0.05) is 78.9 Å². The highest BCUT2D eigenvalue weighted by Crippen LogP contribution is 2.38. The van der Waals surface area contributed by atoms with Gasteiger partial charge in [-0.25, -0.2) is 0 Å². The molecule has 0 aliphatic heterocycles. The van der Waals surface area contributed by atoms with Crippen LogP contribution in [0.2, 0.25) is 0 Å². The highest BCUT2D eigenvalue weighted by Gasteiger charge is 2.18. The average Bonchev–Trinajstić information content (AvgIpc) is 3.56. The second-order valence-electron chi connectivity index (χ2n) is 10.4. The Morgan fingerprint density at radius 1 is 0.429 bits per heavy atom. The van der Waals surface area contributed by atoms with Crippen molar-refractivity contribution in [2.45, 2.75) is 0 Å². The van der Waals surface area contributed by atoms with Crippen LogP contribution >= 0.6 is 0 Å². The van der Waals surface area contributed by atoms with Crippen LogP contribution < -0.4 is 0 Å². The maximum Gasteiger partial charge on any atom is 0.103 e. The Bertz CT molecular complexity index is 2430.